The first-order valence-corrected chi connectivity index (χ1v) is 14.4. The number of para-hydroxylation sites is 1. The number of anilines is 1. The number of phenols is 1. The van der Waals surface area contributed by atoms with Crippen molar-refractivity contribution in [3.05, 3.63) is 75.8 Å². The van der Waals surface area contributed by atoms with Crippen molar-refractivity contribution in [1.82, 2.24) is 0 Å². The number of halogens is 1. The van der Waals surface area contributed by atoms with E-state index >= 15 is 0 Å². The minimum Gasteiger partial charge on any atom is -0.508 e. The zero-order valence-electron chi connectivity index (χ0n) is 22.5. The summed E-state index contributed by atoms with van der Waals surface area (Å²) in [5, 5.41) is 21.0. The smallest absolute Gasteiger partial charge is 0.455 e. The fourth-order valence-electron chi connectivity index (χ4n) is 6.69. The summed E-state index contributed by atoms with van der Waals surface area (Å²) in [5.74, 6) is -1.29. The summed E-state index contributed by atoms with van der Waals surface area (Å²) in [5.41, 5.74) is 4.95. The molecule has 0 bridgehead atoms. The van der Waals surface area contributed by atoms with Gasteiger partial charge in [-0.05, 0) is 85.8 Å². The molecule has 2 saturated heterocycles. The van der Waals surface area contributed by atoms with Crippen molar-refractivity contribution in [2.75, 3.05) is 4.90 Å². The summed E-state index contributed by atoms with van der Waals surface area (Å²) in [6.07, 6.45) is 6.66. The van der Waals surface area contributed by atoms with Gasteiger partial charge in [-0.15, -0.1) is 0 Å². The van der Waals surface area contributed by atoms with Crippen LogP contribution in [0.25, 0.3) is 6.08 Å². The standard InChI is InChI=1S/C31H35BClNO5/c1-3-8-19(15-21-12-13-23(35)17-26(21)33)11-14-27-28-20(4-2)16-24-29(25(28)18-32(38)39-27)31(37)34(30(24)36)22-9-6-5-7-10-22/h5-7,9-10,12-13,15,17,24-25,27,29,35,38H,3-4,8,11,14,16,18H2,1-2H3/b19-15+/t24-,25+,27-,29-/m1/s1. The second-order valence-corrected chi connectivity index (χ2v) is 11.2. The molecule has 5 rings (SSSR count). The van der Waals surface area contributed by atoms with Crippen LogP contribution in [0.2, 0.25) is 11.3 Å². The van der Waals surface area contributed by atoms with E-state index in [4.69, 9.17) is 16.3 Å². The normalized spacial score (nSPS) is 25.3. The lowest BCUT2D eigenvalue weighted by Crippen LogP contribution is -2.46. The van der Waals surface area contributed by atoms with Gasteiger partial charge in [0.15, 0.2) is 0 Å². The molecule has 4 atom stereocenters. The largest absolute Gasteiger partial charge is 0.508 e. The van der Waals surface area contributed by atoms with Gasteiger partial charge in [-0.3, -0.25) is 14.5 Å². The number of phenolic OH excluding ortho intramolecular Hbond substituents is 1. The molecule has 2 amide bonds. The second-order valence-electron chi connectivity index (χ2n) is 10.8. The van der Waals surface area contributed by atoms with E-state index in [0.29, 0.717) is 29.9 Å². The van der Waals surface area contributed by atoms with Crippen LogP contribution in [0.1, 0.15) is 57.9 Å². The van der Waals surface area contributed by atoms with Crippen LogP contribution in [0, 0.1) is 17.8 Å². The summed E-state index contributed by atoms with van der Waals surface area (Å²) in [4.78, 5) is 28.6. The average Bonchev–Trinajstić information content (AvgIpc) is 3.17. The van der Waals surface area contributed by atoms with Crippen molar-refractivity contribution in [2.24, 2.45) is 17.8 Å². The Hall–Kier alpha value is -2.87. The lowest BCUT2D eigenvalue weighted by Gasteiger charge is -2.43. The molecule has 0 spiro atoms. The minimum absolute atomic E-state index is 0.130. The number of benzene rings is 2. The van der Waals surface area contributed by atoms with Crippen LogP contribution in [-0.2, 0) is 14.2 Å². The number of fused-ring (bicyclic) bond motifs is 3. The maximum absolute atomic E-state index is 13.7. The van der Waals surface area contributed by atoms with Gasteiger partial charge in [-0.25, -0.2) is 0 Å². The monoisotopic (exact) mass is 547 g/mol. The van der Waals surface area contributed by atoms with E-state index < -0.39 is 19.0 Å². The van der Waals surface area contributed by atoms with Gasteiger partial charge in [0, 0.05) is 0 Å². The molecule has 3 aliphatic rings. The van der Waals surface area contributed by atoms with Crippen molar-refractivity contribution in [3.8, 4) is 5.75 Å². The molecule has 0 aromatic heterocycles. The Labute approximate surface area is 235 Å². The van der Waals surface area contributed by atoms with E-state index in [1.54, 1.807) is 18.2 Å². The minimum atomic E-state index is -0.987. The van der Waals surface area contributed by atoms with Gasteiger partial charge in [0.1, 0.15) is 5.75 Å². The van der Waals surface area contributed by atoms with Gasteiger partial charge in [0.05, 0.1) is 28.6 Å². The van der Waals surface area contributed by atoms with E-state index in [1.165, 1.54) is 22.1 Å². The highest BCUT2D eigenvalue weighted by Crippen LogP contribution is 2.51. The molecule has 0 saturated carbocycles. The lowest BCUT2D eigenvalue weighted by atomic mass is 9.58. The molecule has 2 N–H and O–H groups in total. The predicted octanol–water partition coefficient (Wildman–Crippen LogP) is 6.42. The first-order valence-electron chi connectivity index (χ1n) is 14.0. The molecule has 6 nitrogen and oxygen atoms in total. The Balaban J connectivity index is 1.42. The number of aromatic hydroxyl groups is 1. The van der Waals surface area contributed by atoms with Crippen molar-refractivity contribution < 1.29 is 24.4 Å². The summed E-state index contributed by atoms with van der Waals surface area (Å²) >= 11 is 6.37. The fraction of sp³-hybridized carbons (Fsp3) is 0.419. The molecule has 2 aromatic carbocycles. The highest BCUT2D eigenvalue weighted by Gasteiger charge is 2.57. The van der Waals surface area contributed by atoms with Crippen LogP contribution in [0.3, 0.4) is 0 Å². The van der Waals surface area contributed by atoms with Gasteiger partial charge in [-0.1, -0.05) is 67.3 Å². The highest BCUT2D eigenvalue weighted by atomic mass is 35.5. The molecule has 2 heterocycles. The third-order valence-corrected chi connectivity index (χ3v) is 8.72. The Kier molecular flexibility index (Phi) is 8.31. The van der Waals surface area contributed by atoms with Crippen molar-refractivity contribution >= 4 is 42.3 Å². The zero-order chi connectivity index (χ0) is 27.7. The highest BCUT2D eigenvalue weighted by molar-refractivity contribution is 6.43. The fourth-order valence-corrected chi connectivity index (χ4v) is 6.92. The predicted molar refractivity (Wildman–Crippen MR) is 154 cm³/mol. The molecule has 2 aromatic rings. The van der Waals surface area contributed by atoms with Gasteiger partial charge in [0.2, 0.25) is 11.8 Å². The van der Waals surface area contributed by atoms with Crippen LogP contribution in [0.5, 0.6) is 5.75 Å². The topological polar surface area (TPSA) is 87.1 Å². The molecular formula is C31H35BClNO5. The molecule has 1 aliphatic carbocycles. The third-order valence-electron chi connectivity index (χ3n) is 8.39. The van der Waals surface area contributed by atoms with Crippen molar-refractivity contribution in [3.63, 3.8) is 0 Å². The summed E-state index contributed by atoms with van der Waals surface area (Å²) in [6, 6.07) is 14.1. The lowest BCUT2D eigenvalue weighted by molar-refractivity contribution is -0.122. The number of carbonyl (C=O) groups excluding carboxylic acids is 2. The van der Waals surface area contributed by atoms with Gasteiger partial charge < -0.3 is 14.8 Å². The Morgan fingerprint density at radius 3 is 2.56 bits per heavy atom. The Morgan fingerprint density at radius 1 is 1.10 bits per heavy atom. The first-order chi connectivity index (χ1) is 18.8. The third kappa shape index (κ3) is 5.45. The molecule has 2 aliphatic heterocycles. The number of allylic oxidation sites excluding steroid dienone is 2. The molecule has 0 unspecified atom stereocenters. The molecule has 0 radical (unpaired) electrons. The summed E-state index contributed by atoms with van der Waals surface area (Å²) in [6.45, 7) is 4.22. The number of carbonyl (C=O) groups is 2. The number of imide groups is 1. The molecule has 2 fully saturated rings. The Morgan fingerprint density at radius 2 is 1.87 bits per heavy atom. The van der Waals surface area contributed by atoms with Crippen LogP contribution >= 0.6 is 11.6 Å². The molecule has 39 heavy (non-hydrogen) atoms. The van der Waals surface area contributed by atoms with Gasteiger partial charge in [-0.2, -0.15) is 0 Å². The van der Waals surface area contributed by atoms with E-state index in [1.807, 2.05) is 24.3 Å². The maximum atomic E-state index is 13.7. The first kappa shape index (κ1) is 27.7. The van der Waals surface area contributed by atoms with Crippen molar-refractivity contribution in [1.29, 1.82) is 0 Å². The quantitative estimate of drug-likeness (QED) is 0.226. The van der Waals surface area contributed by atoms with Crippen LogP contribution in [0.4, 0.5) is 5.69 Å². The van der Waals surface area contributed by atoms with Crippen LogP contribution in [0.15, 0.2) is 65.3 Å². The number of hydrogen-bond donors (Lipinski definition) is 2. The SMILES string of the molecule is CCC/C(=C\c1ccc(O)cc1Cl)CC[C@H]1OB(O)C[C@H]2C1=C(CC)C[C@H]1C(=O)N(c3ccccc3)C(=O)[C@H]12. The van der Waals surface area contributed by atoms with Gasteiger partial charge >= 0.3 is 7.12 Å². The van der Waals surface area contributed by atoms with E-state index in [2.05, 4.69) is 19.9 Å². The Bertz CT molecular complexity index is 1310. The average molecular weight is 548 g/mol. The van der Waals surface area contributed by atoms with Crippen LogP contribution < -0.4 is 4.90 Å². The molecule has 204 valence electrons. The maximum Gasteiger partial charge on any atom is 0.455 e. The summed E-state index contributed by atoms with van der Waals surface area (Å²) in [7, 11) is -0.987. The number of nitrogens with zero attached hydrogens (tertiary/aromatic N) is 1. The summed E-state index contributed by atoms with van der Waals surface area (Å²) < 4.78 is 6.13. The second kappa shape index (κ2) is 11.7. The van der Waals surface area contributed by atoms with E-state index in [-0.39, 0.29) is 29.6 Å². The number of amides is 2. The zero-order valence-corrected chi connectivity index (χ0v) is 23.2. The number of rotatable bonds is 8. The van der Waals surface area contributed by atoms with Crippen LogP contribution in [-0.4, -0.2) is 35.2 Å². The molecule has 8 heteroatoms. The molecular weight excluding hydrogens is 513 g/mol. The number of hydrogen-bond acceptors (Lipinski definition) is 5. The van der Waals surface area contributed by atoms with E-state index in [9.17, 15) is 19.7 Å². The van der Waals surface area contributed by atoms with Crippen molar-refractivity contribution in [2.45, 2.75) is 64.8 Å². The van der Waals surface area contributed by atoms with Gasteiger partial charge in [0.25, 0.3) is 0 Å². The van der Waals surface area contributed by atoms with E-state index in [0.717, 1.165) is 36.8 Å².